The zero-order chi connectivity index (χ0) is 20.6. The second-order valence-corrected chi connectivity index (χ2v) is 9.19. The summed E-state index contributed by atoms with van der Waals surface area (Å²) in [7, 11) is -0.0402. The first-order valence-corrected chi connectivity index (χ1v) is 11.1. The van der Waals surface area contributed by atoms with Gasteiger partial charge in [0, 0.05) is 40.3 Å². The number of rotatable bonds is 4. The summed E-state index contributed by atoms with van der Waals surface area (Å²) in [5.74, 6) is 0.397. The van der Waals surface area contributed by atoms with Crippen molar-refractivity contribution in [1.82, 2.24) is 28.1 Å². The zero-order valence-electron chi connectivity index (χ0n) is 15.9. The van der Waals surface area contributed by atoms with E-state index in [2.05, 4.69) is 18.9 Å². The number of hydrogen-bond donors (Lipinski definition) is 0. The van der Waals surface area contributed by atoms with Crippen LogP contribution in [-0.4, -0.2) is 82.7 Å². The average molecular weight is 434 g/mol. The molecule has 0 N–H and O–H groups in total. The van der Waals surface area contributed by atoms with Crippen LogP contribution in [0.15, 0.2) is 35.2 Å². The Morgan fingerprint density at radius 2 is 1.79 bits per heavy atom. The molecule has 2 aromatic heterocycles. The summed E-state index contributed by atoms with van der Waals surface area (Å²) in [4.78, 5) is 16.2. The third-order valence-electron chi connectivity index (χ3n) is 4.72. The third-order valence-corrected chi connectivity index (χ3v) is 7.19. The molecule has 1 aliphatic rings. The third kappa shape index (κ3) is 3.66. The molecule has 0 spiro atoms. The van der Waals surface area contributed by atoms with Crippen LogP contribution in [0.2, 0.25) is 0 Å². The summed E-state index contributed by atoms with van der Waals surface area (Å²) in [6.45, 7) is 0.956. The SMILES string of the molecule is CN(C)c1ccc(C(=O)N2CCN(S(=O)(=O)c3cccc4nsnc34)CC2)nn1. The molecule has 1 fully saturated rings. The van der Waals surface area contributed by atoms with Gasteiger partial charge in [0.25, 0.3) is 5.91 Å². The van der Waals surface area contributed by atoms with Crippen molar-refractivity contribution >= 4 is 44.5 Å². The molecular formula is C17H19N7O3S2. The maximum Gasteiger partial charge on any atom is 0.274 e. The zero-order valence-corrected chi connectivity index (χ0v) is 17.5. The molecule has 1 aliphatic heterocycles. The van der Waals surface area contributed by atoms with Crippen LogP contribution in [0.4, 0.5) is 5.82 Å². The fraction of sp³-hybridized carbons (Fsp3) is 0.353. The predicted octanol–water partition coefficient (Wildman–Crippen LogP) is 0.694. The normalized spacial score (nSPS) is 15.6. The molecule has 1 aromatic carbocycles. The van der Waals surface area contributed by atoms with Crippen molar-refractivity contribution in [3.63, 3.8) is 0 Å². The number of anilines is 1. The van der Waals surface area contributed by atoms with E-state index in [1.54, 1.807) is 40.1 Å². The van der Waals surface area contributed by atoms with Crippen LogP contribution in [0.5, 0.6) is 0 Å². The number of aromatic nitrogens is 4. The van der Waals surface area contributed by atoms with E-state index < -0.39 is 10.0 Å². The van der Waals surface area contributed by atoms with Crippen LogP contribution in [0.25, 0.3) is 11.0 Å². The Balaban J connectivity index is 1.47. The van der Waals surface area contributed by atoms with Crippen molar-refractivity contribution in [2.75, 3.05) is 45.2 Å². The maximum atomic E-state index is 13.1. The molecule has 29 heavy (non-hydrogen) atoms. The number of amides is 1. The number of sulfonamides is 1. The highest BCUT2D eigenvalue weighted by atomic mass is 32.2. The number of hydrogen-bond acceptors (Lipinski definition) is 9. The molecule has 0 bridgehead atoms. The van der Waals surface area contributed by atoms with Gasteiger partial charge < -0.3 is 9.80 Å². The summed E-state index contributed by atoms with van der Waals surface area (Å²) < 4.78 is 35.8. The van der Waals surface area contributed by atoms with E-state index >= 15 is 0 Å². The molecule has 10 nitrogen and oxygen atoms in total. The van der Waals surface area contributed by atoms with Gasteiger partial charge in [0.1, 0.15) is 15.9 Å². The molecular weight excluding hydrogens is 414 g/mol. The molecule has 0 radical (unpaired) electrons. The first-order valence-electron chi connectivity index (χ1n) is 8.89. The quantitative estimate of drug-likeness (QED) is 0.591. The monoisotopic (exact) mass is 433 g/mol. The fourth-order valence-corrected chi connectivity index (χ4v) is 5.27. The smallest absolute Gasteiger partial charge is 0.274 e. The van der Waals surface area contributed by atoms with Gasteiger partial charge in [0.2, 0.25) is 10.0 Å². The van der Waals surface area contributed by atoms with E-state index in [4.69, 9.17) is 0 Å². The summed E-state index contributed by atoms with van der Waals surface area (Å²) in [6, 6.07) is 8.29. The van der Waals surface area contributed by atoms with Crippen LogP contribution < -0.4 is 4.90 Å². The topological polar surface area (TPSA) is 112 Å². The predicted molar refractivity (Wildman–Crippen MR) is 108 cm³/mol. The molecule has 1 saturated heterocycles. The number of benzene rings is 1. The van der Waals surface area contributed by atoms with E-state index in [-0.39, 0.29) is 42.7 Å². The van der Waals surface area contributed by atoms with E-state index in [1.165, 1.54) is 4.31 Å². The van der Waals surface area contributed by atoms with Crippen molar-refractivity contribution < 1.29 is 13.2 Å². The number of piperazine rings is 1. The molecule has 0 aliphatic carbocycles. The molecule has 12 heteroatoms. The van der Waals surface area contributed by atoms with Crippen LogP contribution >= 0.6 is 11.7 Å². The van der Waals surface area contributed by atoms with Crippen LogP contribution in [0.1, 0.15) is 10.5 Å². The highest BCUT2D eigenvalue weighted by Gasteiger charge is 2.32. The van der Waals surface area contributed by atoms with Gasteiger partial charge >= 0.3 is 0 Å². The van der Waals surface area contributed by atoms with Crippen LogP contribution in [0.3, 0.4) is 0 Å². The van der Waals surface area contributed by atoms with Crippen LogP contribution in [0, 0.1) is 0 Å². The van der Waals surface area contributed by atoms with Crippen molar-refractivity contribution in [2.45, 2.75) is 4.90 Å². The van der Waals surface area contributed by atoms with Crippen LogP contribution in [-0.2, 0) is 10.0 Å². The second kappa shape index (κ2) is 7.61. The van der Waals surface area contributed by atoms with Crippen molar-refractivity contribution in [3.05, 3.63) is 36.0 Å². The van der Waals surface area contributed by atoms with Gasteiger partial charge in [-0.05, 0) is 24.3 Å². The van der Waals surface area contributed by atoms with E-state index in [1.807, 2.05) is 14.1 Å². The molecule has 1 amide bonds. The molecule has 0 unspecified atom stereocenters. The summed E-state index contributed by atoms with van der Waals surface area (Å²) in [5, 5.41) is 8.01. The Bertz CT molecular complexity index is 1140. The number of carbonyl (C=O) groups excluding carboxylic acids is 1. The lowest BCUT2D eigenvalue weighted by molar-refractivity contribution is 0.0691. The number of fused-ring (bicyclic) bond motifs is 1. The average Bonchev–Trinajstić information content (AvgIpc) is 3.22. The van der Waals surface area contributed by atoms with E-state index in [9.17, 15) is 13.2 Å². The molecule has 0 atom stereocenters. The lowest BCUT2D eigenvalue weighted by atomic mass is 10.3. The second-order valence-electron chi connectivity index (χ2n) is 6.76. The first-order chi connectivity index (χ1) is 13.9. The Hall–Kier alpha value is -2.70. The van der Waals surface area contributed by atoms with Gasteiger partial charge in [0.15, 0.2) is 11.5 Å². The number of carbonyl (C=O) groups is 1. The fourth-order valence-electron chi connectivity index (χ4n) is 3.10. The minimum absolute atomic E-state index is 0.147. The Morgan fingerprint density at radius 1 is 1.03 bits per heavy atom. The van der Waals surface area contributed by atoms with Crippen molar-refractivity contribution in [3.8, 4) is 0 Å². The molecule has 3 aromatic rings. The van der Waals surface area contributed by atoms with Gasteiger partial charge in [-0.1, -0.05) is 6.07 Å². The first kappa shape index (κ1) is 19.6. The summed E-state index contributed by atoms with van der Waals surface area (Å²) in [6.07, 6.45) is 0. The van der Waals surface area contributed by atoms with Crippen molar-refractivity contribution in [2.24, 2.45) is 0 Å². The number of nitrogens with zero attached hydrogens (tertiary/aromatic N) is 7. The minimum Gasteiger partial charge on any atom is -0.361 e. The minimum atomic E-state index is -3.72. The summed E-state index contributed by atoms with van der Waals surface area (Å²) >= 11 is 0.983. The molecule has 4 rings (SSSR count). The Labute approximate surface area is 172 Å². The standard InChI is InChI=1S/C17H19N7O3S2/c1-22(2)15-7-6-13(18-19-15)17(25)23-8-10-24(11-9-23)29(26,27)14-5-3-4-12-16(14)21-28-20-12/h3-7H,8-11H2,1-2H3. The lowest BCUT2D eigenvalue weighted by Crippen LogP contribution is -2.50. The van der Waals surface area contributed by atoms with Crippen molar-refractivity contribution in [1.29, 1.82) is 0 Å². The largest absolute Gasteiger partial charge is 0.361 e. The highest BCUT2D eigenvalue weighted by molar-refractivity contribution is 7.89. The van der Waals surface area contributed by atoms with Gasteiger partial charge in [-0.25, -0.2) is 8.42 Å². The maximum absolute atomic E-state index is 13.1. The Kier molecular flexibility index (Phi) is 5.15. The molecule has 3 heterocycles. The van der Waals surface area contributed by atoms with E-state index in [0.717, 1.165) is 11.7 Å². The summed E-state index contributed by atoms with van der Waals surface area (Å²) in [5.41, 5.74) is 1.18. The molecule has 0 saturated carbocycles. The van der Waals surface area contributed by atoms with Gasteiger partial charge in [-0.3, -0.25) is 4.79 Å². The van der Waals surface area contributed by atoms with Gasteiger partial charge in [-0.15, -0.1) is 10.2 Å². The van der Waals surface area contributed by atoms with E-state index in [0.29, 0.717) is 16.9 Å². The Morgan fingerprint density at radius 3 is 2.45 bits per heavy atom. The van der Waals surface area contributed by atoms with Gasteiger partial charge in [0.05, 0.1) is 11.7 Å². The lowest BCUT2D eigenvalue weighted by Gasteiger charge is -2.33. The molecule has 152 valence electrons. The highest BCUT2D eigenvalue weighted by Crippen LogP contribution is 2.25. The van der Waals surface area contributed by atoms with Gasteiger partial charge in [-0.2, -0.15) is 13.1 Å².